The smallest absolute Gasteiger partial charge is 0.186 e. The molecule has 0 unspecified atom stereocenters. The van der Waals surface area contributed by atoms with Gasteiger partial charge in [0, 0.05) is 82.4 Å². The normalized spacial score (nSPS) is 36.8. The molecule has 4 aliphatic rings. The number of ether oxygens (including phenoxy) is 12. The number of hydrogen-bond donors (Lipinski definition) is 2. The van der Waals surface area contributed by atoms with Gasteiger partial charge in [-0.15, -0.1) is 0 Å². The van der Waals surface area contributed by atoms with E-state index in [0.717, 1.165) is 43.3 Å². The minimum Gasteiger partial charge on any atom is -0.392 e. The second-order valence-corrected chi connectivity index (χ2v) is 19.4. The van der Waals surface area contributed by atoms with Gasteiger partial charge in [0.1, 0.15) is 48.8 Å². The van der Waals surface area contributed by atoms with Crippen LogP contribution in [0.3, 0.4) is 0 Å². The fourth-order valence-electron chi connectivity index (χ4n) is 11.0. The molecule has 66 heavy (non-hydrogen) atoms. The van der Waals surface area contributed by atoms with Gasteiger partial charge >= 0.3 is 0 Å². The molecule has 14 heteroatoms. The lowest BCUT2D eigenvalue weighted by Gasteiger charge is -2.45. The first-order valence-electron chi connectivity index (χ1n) is 24.4. The highest BCUT2D eigenvalue weighted by Gasteiger charge is 2.51. The first-order chi connectivity index (χ1) is 31.7. The molecule has 2 N–H and O–H groups in total. The Morgan fingerprint density at radius 1 is 0.545 bits per heavy atom. The zero-order chi connectivity index (χ0) is 48.8. The molecule has 0 radical (unpaired) electrons. The third kappa shape index (κ3) is 14.0. The van der Waals surface area contributed by atoms with Crippen LogP contribution in [-0.2, 0) is 56.8 Å². The zero-order valence-corrected chi connectivity index (χ0v) is 43.2. The maximum absolute atomic E-state index is 11.5. The summed E-state index contributed by atoms with van der Waals surface area (Å²) in [6.45, 7) is 15.2. The second kappa shape index (κ2) is 27.7. The number of aliphatic hydroxyl groups is 2. The molecule has 2 aliphatic carbocycles. The van der Waals surface area contributed by atoms with Crippen molar-refractivity contribution in [3.63, 3.8) is 0 Å². The summed E-state index contributed by atoms with van der Waals surface area (Å²) in [4.78, 5) is 0. The van der Waals surface area contributed by atoms with Crippen molar-refractivity contribution < 1.29 is 67.1 Å². The van der Waals surface area contributed by atoms with Crippen molar-refractivity contribution in [2.24, 2.45) is 47.3 Å². The van der Waals surface area contributed by atoms with E-state index in [9.17, 15) is 10.2 Å². The van der Waals surface area contributed by atoms with E-state index >= 15 is 0 Å². The third-order valence-electron chi connectivity index (χ3n) is 15.5. The fraction of sp³-hybridized carbons (Fsp3) is 0.846. The van der Waals surface area contributed by atoms with E-state index in [1.54, 1.807) is 64.0 Å². The molecule has 4 rings (SSSR count). The Labute approximate surface area is 398 Å². The maximum Gasteiger partial charge on any atom is 0.186 e. The molecule has 2 heterocycles. The number of aliphatic hydroxyl groups excluding tert-OH is 2. The first kappa shape index (κ1) is 57.0. The summed E-state index contributed by atoms with van der Waals surface area (Å²) >= 11 is 0. The Morgan fingerprint density at radius 3 is 1.35 bits per heavy atom. The molecule has 0 aromatic rings. The molecule has 0 aromatic carbocycles. The second-order valence-electron chi connectivity index (χ2n) is 19.4. The summed E-state index contributed by atoms with van der Waals surface area (Å²) in [6, 6.07) is 0. The van der Waals surface area contributed by atoms with E-state index < -0.39 is 61.4 Å². The van der Waals surface area contributed by atoms with Crippen molar-refractivity contribution in [1.82, 2.24) is 0 Å². The number of hydrogen-bond acceptors (Lipinski definition) is 14. The molecule has 22 atom stereocenters. The van der Waals surface area contributed by atoms with E-state index in [1.807, 2.05) is 38.2 Å². The summed E-state index contributed by atoms with van der Waals surface area (Å²) < 4.78 is 71.7. The van der Waals surface area contributed by atoms with Gasteiger partial charge in [0.2, 0.25) is 0 Å². The van der Waals surface area contributed by atoms with E-state index in [0.29, 0.717) is 24.4 Å². The van der Waals surface area contributed by atoms with Gasteiger partial charge in [-0.3, -0.25) is 0 Å². The lowest BCUT2D eigenvalue weighted by atomic mass is 9.90. The van der Waals surface area contributed by atoms with Crippen molar-refractivity contribution in [1.29, 1.82) is 0 Å². The summed E-state index contributed by atoms with van der Waals surface area (Å²) in [5.74, 6) is 1.95. The molecule has 0 aromatic heterocycles. The van der Waals surface area contributed by atoms with Crippen LogP contribution in [0.15, 0.2) is 47.6 Å². The highest BCUT2D eigenvalue weighted by molar-refractivity contribution is 5.21. The minimum absolute atomic E-state index is 0.00247. The highest BCUT2D eigenvalue weighted by Crippen LogP contribution is 2.51. The Balaban J connectivity index is 1.29. The van der Waals surface area contributed by atoms with E-state index in [2.05, 4.69) is 46.8 Å². The van der Waals surface area contributed by atoms with Gasteiger partial charge in [-0.1, -0.05) is 71.1 Å². The molecule has 2 saturated carbocycles. The lowest BCUT2D eigenvalue weighted by Crippen LogP contribution is -2.60. The number of rotatable bonds is 29. The number of allylic oxidation sites excluding steroid dienone is 4. The lowest BCUT2D eigenvalue weighted by molar-refractivity contribution is -0.298. The average molecular weight is 939 g/mol. The molecule has 0 spiro atoms. The first-order valence-corrected chi connectivity index (χ1v) is 24.4. The Bertz CT molecular complexity index is 1520. The van der Waals surface area contributed by atoms with Gasteiger partial charge in [-0.05, 0) is 92.6 Å². The van der Waals surface area contributed by atoms with Crippen molar-refractivity contribution in [2.45, 2.75) is 166 Å². The maximum atomic E-state index is 11.5. The largest absolute Gasteiger partial charge is 0.392 e. The molecule has 0 amide bonds. The Kier molecular flexibility index (Phi) is 23.9. The van der Waals surface area contributed by atoms with Crippen molar-refractivity contribution in [3.05, 3.63) is 47.6 Å². The Morgan fingerprint density at radius 2 is 0.955 bits per heavy atom. The SMILES string of the molecule is CC[C@H](OC)[C@@H](C)[C@@H]1C[C@H]1[C@H](O)[C@@H](C)/C=C/C=C(\C)[C@H]1O[C@H](OC)[C@@H](OC)[C@@H](OCCC[C@H](OC)[C@@H](C)[C@@H]2C[C@H]2[C@H](O)[C@@H](C)/C=C/C=C(\C)[C@H]2O[C@H](OC)[C@H](OC)[C@@H](OC)[C@H]2OC)[C@@H]1OC. The molecule has 14 nitrogen and oxygen atoms in total. The van der Waals surface area contributed by atoms with Crippen LogP contribution in [0.25, 0.3) is 0 Å². The van der Waals surface area contributed by atoms with Gasteiger partial charge in [0.05, 0.1) is 24.4 Å². The van der Waals surface area contributed by atoms with Crippen LogP contribution in [0.5, 0.6) is 0 Å². The van der Waals surface area contributed by atoms with Crippen LogP contribution in [0, 0.1) is 47.3 Å². The third-order valence-corrected chi connectivity index (χ3v) is 15.5. The van der Waals surface area contributed by atoms with Gasteiger partial charge in [-0.25, -0.2) is 0 Å². The minimum atomic E-state index is -0.662. The van der Waals surface area contributed by atoms with Crippen molar-refractivity contribution >= 4 is 0 Å². The topological polar surface area (TPSA) is 151 Å². The van der Waals surface area contributed by atoms with Gasteiger partial charge in [0.25, 0.3) is 0 Å². The molecular formula is C52H90O14. The molecule has 4 fully saturated rings. The quantitative estimate of drug-likeness (QED) is 0.0588. The van der Waals surface area contributed by atoms with E-state index in [4.69, 9.17) is 56.8 Å². The Hall–Kier alpha value is -1.60. The summed E-state index contributed by atoms with van der Waals surface area (Å²) in [6.07, 6.45) is 11.3. The molecule has 2 saturated heterocycles. The summed E-state index contributed by atoms with van der Waals surface area (Å²) in [5.41, 5.74) is 1.91. The van der Waals surface area contributed by atoms with Crippen LogP contribution in [0.2, 0.25) is 0 Å². The predicted molar refractivity (Wildman–Crippen MR) is 254 cm³/mol. The van der Waals surface area contributed by atoms with Crippen LogP contribution >= 0.6 is 0 Å². The van der Waals surface area contributed by atoms with Gasteiger partial charge < -0.3 is 67.1 Å². The van der Waals surface area contributed by atoms with Crippen molar-refractivity contribution in [2.75, 3.05) is 70.6 Å². The van der Waals surface area contributed by atoms with Crippen molar-refractivity contribution in [3.8, 4) is 0 Å². The molecule has 0 bridgehead atoms. The van der Waals surface area contributed by atoms with Gasteiger partial charge in [0.15, 0.2) is 12.6 Å². The van der Waals surface area contributed by atoms with Crippen LogP contribution in [0.1, 0.15) is 80.6 Å². The fourth-order valence-corrected chi connectivity index (χ4v) is 11.0. The number of methoxy groups -OCH3 is 9. The van der Waals surface area contributed by atoms with Crippen LogP contribution in [-0.4, -0.2) is 167 Å². The predicted octanol–water partition coefficient (Wildman–Crippen LogP) is 6.95. The standard InChI is InChI=1S/C52H90O14/c1-17-39(55-8)33(6)35-27-37(35)41(53)29(2)22-19-24-32(5)44-46(58-11)48(50(61-14)52(63-16)66-44)64-26-20-25-40(56-9)34(7)36-28-38(36)42(54)30(3)21-18-23-31(4)43-45(57-10)47(59-12)49(60-13)51(62-15)65-43/h18-19,21-24,29-30,33-54H,17,20,25-28H2,1-16H3/b21-18+,22-19+,31-23+,32-24+/t29-,30-,33-,34-,35-,36-,37+,38+,39-,40-,41+,42+,43+,44+,45-,46+,47-,48-,49+,50-,51-,52-/m0/s1. The van der Waals surface area contributed by atoms with Gasteiger partial charge in [-0.2, -0.15) is 0 Å². The van der Waals surface area contributed by atoms with Crippen LogP contribution in [0.4, 0.5) is 0 Å². The summed E-state index contributed by atoms with van der Waals surface area (Å²) in [7, 11) is 14.9. The van der Waals surface area contributed by atoms with E-state index in [-0.39, 0.29) is 54.0 Å². The molecular weight excluding hydrogens is 849 g/mol. The van der Waals surface area contributed by atoms with E-state index in [1.165, 1.54) is 0 Å². The highest BCUT2D eigenvalue weighted by atomic mass is 16.7. The summed E-state index contributed by atoms with van der Waals surface area (Å²) in [5, 5.41) is 22.7. The zero-order valence-electron chi connectivity index (χ0n) is 43.2. The van der Waals surface area contributed by atoms with Crippen LogP contribution < -0.4 is 0 Å². The average Bonchev–Trinajstić information content (AvgIpc) is 4.28. The molecule has 382 valence electrons. The molecule has 2 aliphatic heterocycles. The monoisotopic (exact) mass is 939 g/mol.